The second kappa shape index (κ2) is 13.3. The zero-order valence-electron chi connectivity index (χ0n) is 25.2. The highest BCUT2D eigenvalue weighted by Gasteiger charge is 2.74. The molecule has 1 saturated carbocycles. The third-order valence-corrected chi connectivity index (χ3v) is 9.36. The number of hydrogen-bond acceptors (Lipinski definition) is 6. The number of amides is 4. The zero-order chi connectivity index (χ0) is 32.4. The molecular formula is C32H40Cl2N4O6. The van der Waals surface area contributed by atoms with E-state index in [1.54, 1.807) is 26.8 Å². The van der Waals surface area contributed by atoms with Crippen LogP contribution < -0.4 is 16.0 Å². The number of likely N-dealkylation sites (tertiary alicyclic amines) is 1. The monoisotopic (exact) mass is 646 g/mol. The first-order valence-corrected chi connectivity index (χ1v) is 15.5. The first-order valence-electron chi connectivity index (χ1n) is 14.8. The highest BCUT2D eigenvalue weighted by atomic mass is 35.5. The molecule has 4 amide bonds. The quantitative estimate of drug-likeness (QED) is 0.181. The Balaban J connectivity index is 1.59. The predicted molar refractivity (Wildman–Crippen MR) is 167 cm³/mol. The number of ether oxygens (including phenoxy) is 1. The number of carbonyl (C=O) groups excluding carboxylic acids is 5. The Morgan fingerprint density at radius 3 is 2.27 bits per heavy atom. The van der Waals surface area contributed by atoms with Crippen molar-refractivity contribution in [3.63, 3.8) is 0 Å². The summed E-state index contributed by atoms with van der Waals surface area (Å²) in [5, 5.41) is 7.90. The molecule has 1 unspecified atom stereocenters. The van der Waals surface area contributed by atoms with E-state index in [1.165, 1.54) is 11.0 Å². The maximum Gasteiger partial charge on any atom is 0.408 e. The number of rotatable bonds is 12. The van der Waals surface area contributed by atoms with Crippen LogP contribution in [0.4, 0.5) is 4.79 Å². The van der Waals surface area contributed by atoms with Crippen LogP contribution in [0.25, 0.3) is 0 Å². The summed E-state index contributed by atoms with van der Waals surface area (Å²) in [6.07, 6.45) is 3.83. The van der Waals surface area contributed by atoms with E-state index in [1.807, 2.05) is 24.3 Å². The van der Waals surface area contributed by atoms with Gasteiger partial charge >= 0.3 is 6.09 Å². The average Bonchev–Trinajstić information content (AvgIpc) is 3.33. The van der Waals surface area contributed by atoms with Gasteiger partial charge in [0.05, 0.1) is 6.04 Å². The molecule has 1 aliphatic heterocycles. The van der Waals surface area contributed by atoms with Crippen molar-refractivity contribution in [2.75, 3.05) is 13.1 Å². The molecule has 1 saturated heterocycles. The van der Waals surface area contributed by atoms with Gasteiger partial charge in [-0.2, -0.15) is 0 Å². The number of nitrogens with one attached hydrogen (secondary N) is 3. The van der Waals surface area contributed by atoms with Gasteiger partial charge in [-0.05, 0) is 63.5 Å². The first kappa shape index (κ1) is 33.5. The Morgan fingerprint density at radius 2 is 1.70 bits per heavy atom. The van der Waals surface area contributed by atoms with E-state index in [0.29, 0.717) is 19.3 Å². The van der Waals surface area contributed by atoms with Gasteiger partial charge in [0.1, 0.15) is 22.0 Å². The van der Waals surface area contributed by atoms with Crippen LogP contribution in [0.5, 0.6) is 0 Å². The van der Waals surface area contributed by atoms with Gasteiger partial charge in [0.15, 0.2) is 0 Å². The molecule has 1 heterocycles. The SMILES string of the molecule is C=CCC[C@H](NC(=O)[C@@H]1[C@@H]2[C@H](CN1C(=O)C(NC(=O)OC(C)(C)C)C1Cc3ccccc3C1)C2(Cl)Cl)C(=O)C(=O)NCC=C. The van der Waals surface area contributed by atoms with E-state index in [4.69, 9.17) is 27.9 Å². The van der Waals surface area contributed by atoms with Crippen LogP contribution in [0, 0.1) is 17.8 Å². The van der Waals surface area contributed by atoms with E-state index < -0.39 is 63.6 Å². The van der Waals surface area contributed by atoms with E-state index in [2.05, 4.69) is 29.1 Å². The lowest BCUT2D eigenvalue weighted by molar-refractivity contribution is -0.144. The van der Waals surface area contributed by atoms with Crippen molar-refractivity contribution >= 4 is 52.8 Å². The number of ketones is 1. The van der Waals surface area contributed by atoms with Gasteiger partial charge in [-0.3, -0.25) is 19.2 Å². The molecule has 0 bridgehead atoms. The van der Waals surface area contributed by atoms with E-state index in [9.17, 15) is 24.0 Å². The van der Waals surface area contributed by atoms with Gasteiger partial charge in [0.25, 0.3) is 5.91 Å². The minimum atomic E-state index is -1.24. The van der Waals surface area contributed by atoms with Crippen molar-refractivity contribution in [2.45, 2.75) is 74.5 Å². The molecule has 2 fully saturated rings. The molecule has 238 valence electrons. The summed E-state index contributed by atoms with van der Waals surface area (Å²) in [4.78, 5) is 68.0. The molecule has 1 aromatic rings. The van der Waals surface area contributed by atoms with Crippen LogP contribution in [0.1, 0.15) is 44.7 Å². The van der Waals surface area contributed by atoms with Gasteiger partial charge in [-0.15, -0.1) is 36.4 Å². The van der Waals surface area contributed by atoms with Crippen LogP contribution >= 0.6 is 23.2 Å². The van der Waals surface area contributed by atoms with Crippen LogP contribution in [0.2, 0.25) is 0 Å². The van der Waals surface area contributed by atoms with Crippen molar-refractivity contribution in [3.8, 4) is 0 Å². The van der Waals surface area contributed by atoms with Crippen molar-refractivity contribution in [1.82, 2.24) is 20.9 Å². The average molecular weight is 648 g/mol. The fraction of sp³-hybridized carbons (Fsp3) is 0.531. The number of piperidine rings is 1. The number of halogens is 2. The largest absolute Gasteiger partial charge is 0.444 e. The molecule has 3 N–H and O–H groups in total. The number of alkyl carbamates (subject to hydrolysis) is 1. The zero-order valence-corrected chi connectivity index (χ0v) is 26.7. The second-order valence-electron chi connectivity index (χ2n) is 12.6. The third-order valence-electron chi connectivity index (χ3n) is 8.30. The molecule has 12 heteroatoms. The number of hydrogen-bond donors (Lipinski definition) is 3. The van der Waals surface area contributed by atoms with Crippen molar-refractivity contribution in [2.24, 2.45) is 17.8 Å². The molecule has 3 aliphatic rings. The summed E-state index contributed by atoms with van der Waals surface area (Å²) in [5.41, 5.74) is 1.37. The maximum absolute atomic E-state index is 14.3. The lowest BCUT2D eigenvalue weighted by Gasteiger charge is -2.35. The Hall–Kier alpha value is -3.37. The molecule has 0 spiro atoms. The summed E-state index contributed by atoms with van der Waals surface area (Å²) in [6.45, 7) is 12.5. The number of Topliss-reactive ketones (excluding diaryl/α,β-unsaturated/α-hetero) is 1. The van der Waals surface area contributed by atoms with Gasteiger partial charge in [0, 0.05) is 24.9 Å². The number of fused-ring (bicyclic) bond motifs is 2. The Morgan fingerprint density at radius 1 is 1.07 bits per heavy atom. The summed E-state index contributed by atoms with van der Waals surface area (Å²) in [5.74, 6) is -4.09. The van der Waals surface area contributed by atoms with Crippen LogP contribution in [-0.4, -0.2) is 75.6 Å². The Bertz CT molecular complexity index is 1320. The van der Waals surface area contributed by atoms with Crippen LogP contribution in [-0.2, 0) is 36.8 Å². The predicted octanol–water partition coefficient (Wildman–Crippen LogP) is 3.25. The summed E-state index contributed by atoms with van der Waals surface area (Å²) >= 11 is 13.1. The van der Waals surface area contributed by atoms with Gasteiger partial charge < -0.3 is 25.6 Å². The van der Waals surface area contributed by atoms with E-state index in [-0.39, 0.29) is 31.3 Å². The summed E-state index contributed by atoms with van der Waals surface area (Å²) < 4.78 is 4.25. The van der Waals surface area contributed by atoms with E-state index >= 15 is 0 Å². The van der Waals surface area contributed by atoms with Crippen molar-refractivity contribution in [1.29, 1.82) is 0 Å². The van der Waals surface area contributed by atoms with Crippen molar-refractivity contribution < 1.29 is 28.7 Å². The molecule has 0 radical (unpaired) electrons. The number of carbonyl (C=O) groups is 5. The number of allylic oxidation sites excluding steroid dienone is 1. The Labute approximate surface area is 267 Å². The van der Waals surface area contributed by atoms with Gasteiger partial charge in [0.2, 0.25) is 17.6 Å². The molecule has 4 rings (SSSR count). The molecule has 0 aromatic heterocycles. The minimum absolute atomic E-state index is 0.0828. The minimum Gasteiger partial charge on any atom is -0.444 e. The number of nitrogens with zero attached hydrogens (tertiary/aromatic N) is 1. The molecule has 5 atom stereocenters. The van der Waals surface area contributed by atoms with Crippen LogP contribution in [0.3, 0.4) is 0 Å². The summed E-state index contributed by atoms with van der Waals surface area (Å²) in [7, 11) is 0. The second-order valence-corrected chi connectivity index (χ2v) is 14.0. The first-order chi connectivity index (χ1) is 20.7. The number of alkyl halides is 2. The summed E-state index contributed by atoms with van der Waals surface area (Å²) in [6, 6.07) is 4.54. The molecule has 1 aromatic carbocycles. The topological polar surface area (TPSA) is 134 Å². The van der Waals surface area contributed by atoms with Crippen LogP contribution in [0.15, 0.2) is 49.6 Å². The lowest BCUT2D eigenvalue weighted by atomic mass is 9.94. The lowest BCUT2D eigenvalue weighted by Crippen LogP contribution is -2.60. The smallest absolute Gasteiger partial charge is 0.408 e. The molecule has 2 aliphatic carbocycles. The van der Waals surface area contributed by atoms with E-state index in [0.717, 1.165) is 11.1 Å². The molecular weight excluding hydrogens is 607 g/mol. The van der Waals surface area contributed by atoms with Gasteiger partial charge in [-0.1, -0.05) is 36.4 Å². The van der Waals surface area contributed by atoms with Crippen molar-refractivity contribution in [3.05, 3.63) is 60.7 Å². The molecule has 10 nitrogen and oxygen atoms in total. The highest BCUT2D eigenvalue weighted by Crippen LogP contribution is 2.65. The fourth-order valence-corrected chi connectivity index (χ4v) is 7.00. The molecule has 44 heavy (non-hydrogen) atoms. The van der Waals surface area contributed by atoms with Gasteiger partial charge in [-0.25, -0.2) is 4.79 Å². The normalized spacial score (nSPS) is 22.9. The number of benzene rings is 1. The third kappa shape index (κ3) is 7.29. The standard InChI is InChI=1S/C32H40Cl2N4O6/c1-6-8-13-22(26(39)28(41)35-14-7-2)36-27(40)25-23-21(32(23,33)34)17-38(25)29(42)24(37-30(43)44-31(3,4)5)20-15-18-11-9-10-12-19(18)16-20/h6-7,9-12,20-25H,1-2,8,13-17H2,3-5H3,(H,35,41)(H,36,40)(H,37,43)/t21-,22-,23-,24?,25-/m0/s1. The maximum atomic E-state index is 14.3. The fourth-order valence-electron chi connectivity index (χ4n) is 6.18. The Kier molecular flexibility index (Phi) is 10.1. The highest BCUT2D eigenvalue weighted by molar-refractivity contribution is 6.51.